The number of aromatic hydroxyl groups is 1. The Labute approximate surface area is 159 Å². The molecule has 134 valence electrons. The number of benzene rings is 2. The van der Waals surface area contributed by atoms with Crippen LogP contribution in [-0.4, -0.2) is 22.6 Å². The average molecular weight is 381 g/mol. The number of nitriles is 1. The predicted molar refractivity (Wildman–Crippen MR) is 99.9 cm³/mol. The number of methoxy groups -OCH3 is 1. The van der Waals surface area contributed by atoms with E-state index in [4.69, 9.17) is 16.3 Å². The summed E-state index contributed by atoms with van der Waals surface area (Å²) in [5, 5.41) is 19.6. The number of carbonyl (C=O) groups excluding carboxylic acids is 1. The number of pyridine rings is 1. The fraction of sp³-hybridized carbons (Fsp3) is 0.0500. The number of carbonyl (C=O) groups is 1. The van der Waals surface area contributed by atoms with Crippen LogP contribution in [0.2, 0.25) is 5.02 Å². The minimum atomic E-state index is -0.600. The number of hydrogen-bond donors (Lipinski definition) is 1. The van der Waals surface area contributed by atoms with Crippen LogP contribution in [0.25, 0.3) is 5.69 Å². The minimum absolute atomic E-state index is 0.0115. The topological polar surface area (TPSA) is 92.3 Å². The Morgan fingerprint density at radius 3 is 2.63 bits per heavy atom. The highest BCUT2D eigenvalue weighted by molar-refractivity contribution is 6.32. The van der Waals surface area contributed by atoms with Gasteiger partial charge < -0.3 is 9.84 Å². The fourth-order valence-electron chi connectivity index (χ4n) is 2.59. The molecule has 0 saturated heterocycles. The largest absolute Gasteiger partial charge is 0.507 e. The molecular formula is C20H13ClN2O4. The molecule has 1 heterocycles. The van der Waals surface area contributed by atoms with E-state index in [0.717, 1.165) is 4.57 Å². The van der Waals surface area contributed by atoms with E-state index < -0.39 is 11.3 Å². The highest BCUT2D eigenvalue weighted by Crippen LogP contribution is 2.26. The van der Waals surface area contributed by atoms with E-state index in [-0.39, 0.29) is 27.5 Å². The zero-order valence-electron chi connectivity index (χ0n) is 14.1. The van der Waals surface area contributed by atoms with Gasteiger partial charge in [-0.2, -0.15) is 5.26 Å². The third-order valence-electron chi connectivity index (χ3n) is 3.96. The quantitative estimate of drug-likeness (QED) is 0.701. The normalized spacial score (nSPS) is 10.3. The molecule has 0 amide bonds. The summed E-state index contributed by atoms with van der Waals surface area (Å²) < 4.78 is 6.22. The van der Waals surface area contributed by atoms with Crippen molar-refractivity contribution < 1.29 is 14.6 Å². The first-order valence-corrected chi connectivity index (χ1v) is 8.17. The molecule has 0 atom stereocenters. The molecule has 6 nitrogen and oxygen atoms in total. The zero-order chi connectivity index (χ0) is 19.6. The SMILES string of the molecule is COc1ccc(O)c(C(=O)c2cc(C#N)c(=O)n(-c3ccccc3Cl)c2)c1. The smallest absolute Gasteiger partial charge is 0.273 e. The monoisotopic (exact) mass is 380 g/mol. The molecule has 0 aliphatic carbocycles. The summed E-state index contributed by atoms with van der Waals surface area (Å²) in [5.41, 5.74) is -0.442. The number of ether oxygens (including phenoxy) is 1. The number of hydrogen-bond acceptors (Lipinski definition) is 5. The first-order chi connectivity index (χ1) is 13.0. The van der Waals surface area contributed by atoms with E-state index in [1.165, 1.54) is 37.6 Å². The Morgan fingerprint density at radius 1 is 1.22 bits per heavy atom. The molecule has 3 rings (SSSR count). The van der Waals surface area contributed by atoms with Gasteiger partial charge in [-0.25, -0.2) is 0 Å². The van der Waals surface area contributed by atoms with Crippen LogP contribution in [0.15, 0.2) is 59.5 Å². The summed E-state index contributed by atoms with van der Waals surface area (Å²) in [5.74, 6) is -0.422. The Hall–Kier alpha value is -3.56. The molecule has 0 bridgehead atoms. The van der Waals surface area contributed by atoms with Crippen molar-refractivity contribution in [2.45, 2.75) is 0 Å². The van der Waals surface area contributed by atoms with Crippen molar-refractivity contribution in [2.24, 2.45) is 0 Å². The van der Waals surface area contributed by atoms with Gasteiger partial charge in [0.2, 0.25) is 0 Å². The first kappa shape index (κ1) is 18.2. The van der Waals surface area contributed by atoms with Crippen LogP contribution in [0, 0.1) is 11.3 Å². The van der Waals surface area contributed by atoms with Gasteiger partial charge in [0.15, 0.2) is 5.78 Å². The molecule has 3 aromatic rings. The van der Waals surface area contributed by atoms with E-state index in [9.17, 15) is 20.0 Å². The first-order valence-electron chi connectivity index (χ1n) is 7.79. The molecule has 1 N–H and O–H groups in total. The molecule has 0 fully saturated rings. The van der Waals surface area contributed by atoms with Gasteiger partial charge >= 0.3 is 0 Å². The van der Waals surface area contributed by atoms with E-state index in [0.29, 0.717) is 11.4 Å². The predicted octanol–water partition coefficient (Wildman–Crippen LogP) is 3.31. The van der Waals surface area contributed by atoms with Crippen LogP contribution >= 0.6 is 11.6 Å². The number of phenols is 1. The number of ketones is 1. The Balaban J connectivity index is 2.22. The van der Waals surface area contributed by atoms with Gasteiger partial charge in [-0.1, -0.05) is 23.7 Å². The summed E-state index contributed by atoms with van der Waals surface area (Å²) in [4.78, 5) is 25.4. The van der Waals surface area contributed by atoms with Crippen molar-refractivity contribution in [3.63, 3.8) is 0 Å². The van der Waals surface area contributed by atoms with Crippen LogP contribution in [-0.2, 0) is 0 Å². The summed E-state index contributed by atoms with van der Waals surface area (Å²) in [6, 6.07) is 13.8. The molecular weight excluding hydrogens is 368 g/mol. The molecule has 0 aliphatic rings. The standard InChI is InChI=1S/C20H13ClN2O4/c1-27-14-6-7-18(24)15(9-14)19(25)13-8-12(10-22)20(26)23(11-13)17-5-3-2-4-16(17)21/h2-9,11,24H,1H3. The van der Waals surface area contributed by atoms with E-state index in [2.05, 4.69) is 0 Å². The number of aromatic nitrogens is 1. The number of halogens is 1. The molecule has 27 heavy (non-hydrogen) atoms. The minimum Gasteiger partial charge on any atom is -0.507 e. The maximum absolute atomic E-state index is 12.9. The van der Waals surface area contributed by atoms with Gasteiger partial charge in [0.05, 0.1) is 23.4 Å². The van der Waals surface area contributed by atoms with Gasteiger partial charge in [0.25, 0.3) is 5.56 Å². The lowest BCUT2D eigenvalue weighted by atomic mass is 10.0. The van der Waals surface area contributed by atoms with E-state index in [1.807, 2.05) is 0 Å². The van der Waals surface area contributed by atoms with Gasteiger partial charge in [0.1, 0.15) is 23.1 Å². The van der Waals surface area contributed by atoms with Crippen LogP contribution in [0.3, 0.4) is 0 Å². The summed E-state index contributed by atoms with van der Waals surface area (Å²) in [6.07, 6.45) is 1.30. The van der Waals surface area contributed by atoms with Crippen LogP contribution in [0.4, 0.5) is 0 Å². The van der Waals surface area contributed by atoms with Crippen LogP contribution in [0.1, 0.15) is 21.5 Å². The molecule has 0 spiro atoms. The van der Waals surface area contributed by atoms with Gasteiger partial charge in [-0.15, -0.1) is 0 Å². The highest BCUT2D eigenvalue weighted by atomic mass is 35.5. The maximum Gasteiger partial charge on any atom is 0.273 e. The van der Waals surface area contributed by atoms with Crippen molar-refractivity contribution in [2.75, 3.05) is 7.11 Å². The second-order valence-corrected chi connectivity index (χ2v) is 6.00. The van der Waals surface area contributed by atoms with Crippen LogP contribution in [0.5, 0.6) is 11.5 Å². The third kappa shape index (κ3) is 3.41. The summed E-state index contributed by atoms with van der Waals surface area (Å²) in [7, 11) is 1.44. The van der Waals surface area contributed by atoms with E-state index >= 15 is 0 Å². The van der Waals surface area contributed by atoms with E-state index in [1.54, 1.807) is 30.3 Å². The van der Waals surface area contributed by atoms with Gasteiger partial charge in [0, 0.05) is 11.8 Å². The second kappa shape index (κ2) is 7.36. The highest BCUT2D eigenvalue weighted by Gasteiger charge is 2.19. The number of phenolic OH excluding ortho intramolecular Hbond substituents is 1. The summed E-state index contributed by atoms with van der Waals surface area (Å²) in [6.45, 7) is 0. The molecule has 0 aliphatic heterocycles. The lowest BCUT2D eigenvalue weighted by Gasteiger charge is -2.11. The fourth-order valence-corrected chi connectivity index (χ4v) is 2.82. The zero-order valence-corrected chi connectivity index (χ0v) is 14.9. The average Bonchev–Trinajstić information content (AvgIpc) is 2.68. The maximum atomic E-state index is 12.9. The van der Waals surface area contributed by atoms with Crippen molar-refractivity contribution in [3.05, 3.63) is 86.8 Å². The third-order valence-corrected chi connectivity index (χ3v) is 4.28. The van der Waals surface area contributed by atoms with Crippen molar-refractivity contribution >= 4 is 17.4 Å². The van der Waals surface area contributed by atoms with Gasteiger partial charge in [-0.3, -0.25) is 14.2 Å². The molecule has 1 aromatic heterocycles. The van der Waals surface area contributed by atoms with Crippen molar-refractivity contribution in [3.8, 4) is 23.3 Å². The van der Waals surface area contributed by atoms with Crippen molar-refractivity contribution in [1.29, 1.82) is 5.26 Å². The van der Waals surface area contributed by atoms with Crippen molar-refractivity contribution in [1.82, 2.24) is 4.57 Å². The molecule has 0 radical (unpaired) electrons. The number of rotatable bonds is 4. The van der Waals surface area contributed by atoms with Gasteiger partial charge in [-0.05, 0) is 36.4 Å². The molecule has 0 saturated carbocycles. The lowest BCUT2D eigenvalue weighted by Crippen LogP contribution is -2.23. The van der Waals surface area contributed by atoms with Crippen LogP contribution < -0.4 is 10.3 Å². The molecule has 2 aromatic carbocycles. The lowest BCUT2D eigenvalue weighted by molar-refractivity contribution is 0.103. The second-order valence-electron chi connectivity index (χ2n) is 5.59. The Bertz CT molecular complexity index is 1150. The Kier molecular flexibility index (Phi) is 4.97. The number of nitrogens with zero attached hydrogens (tertiary/aromatic N) is 2. The number of para-hydroxylation sites is 1. The molecule has 7 heteroatoms. The summed E-state index contributed by atoms with van der Waals surface area (Å²) >= 11 is 6.16. The Morgan fingerprint density at radius 2 is 1.96 bits per heavy atom. The molecule has 0 unspecified atom stereocenters.